The van der Waals surface area contributed by atoms with E-state index in [1.807, 2.05) is 11.3 Å². The number of nitrogens with one attached hydrogen (secondary N) is 1. The van der Waals surface area contributed by atoms with Crippen molar-refractivity contribution in [3.05, 3.63) is 22.4 Å². The summed E-state index contributed by atoms with van der Waals surface area (Å²) in [4.78, 5) is 1.41. The van der Waals surface area contributed by atoms with Gasteiger partial charge in [-0.05, 0) is 24.3 Å². The van der Waals surface area contributed by atoms with Crippen LogP contribution in [-0.4, -0.2) is 23.8 Å². The number of aliphatic hydroxyl groups excluding tert-OH is 1. The molecule has 0 spiro atoms. The van der Waals surface area contributed by atoms with Crippen LogP contribution in [-0.2, 0) is 5.41 Å². The second-order valence-corrected chi connectivity index (χ2v) is 6.65. The summed E-state index contributed by atoms with van der Waals surface area (Å²) in [5.74, 6) is 0. The summed E-state index contributed by atoms with van der Waals surface area (Å²) in [6.07, 6.45) is 4.34. The third-order valence-corrected chi connectivity index (χ3v) is 4.96. The van der Waals surface area contributed by atoms with Crippen LogP contribution in [0.5, 0.6) is 0 Å². The van der Waals surface area contributed by atoms with Gasteiger partial charge in [-0.3, -0.25) is 0 Å². The summed E-state index contributed by atoms with van der Waals surface area (Å²) in [6.45, 7) is 5.47. The van der Waals surface area contributed by atoms with Crippen LogP contribution < -0.4 is 5.32 Å². The standard InChI is InChI=1S/C14H23NOS/c1-14(2,13-8-5-9-17-13)10-15-11-6-3-4-7-12(11)16/h5,8-9,11-12,15-16H,3-4,6-7,10H2,1-2H3/t11-,12-/m1/s1. The first kappa shape index (κ1) is 13.1. The Kier molecular flexibility index (Phi) is 4.23. The van der Waals surface area contributed by atoms with E-state index in [4.69, 9.17) is 0 Å². The molecule has 1 heterocycles. The zero-order valence-corrected chi connectivity index (χ0v) is 11.6. The van der Waals surface area contributed by atoms with Gasteiger partial charge in [0.05, 0.1) is 6.10 Å². The highest BCUT2D eigenvalue weighted by Gasteiger charge is 2.27. The lowest BCUT2D eigenvalue weighted by atomic mass is 9.88. The molecule has 1 aromatic rings. The Balaban J connectivity index is 1.88. The van der Waals surface area contributed by atoms with Gasteiger partial charge in [-0.2, -0.15) is 0 Å². The fraction of sp³-hybridized carbons (Fsp3) is 0.714. The van der Waals surface area contributed by atoms with E-state index in [2.05, 4.69) is 36.7 Å². The van der Waals surface area contributed by atoms with E-state index in [9.17, 15) is 5.11 Å². The van der Waals surface area contributed by atoms with Crippen molar-refractivity contribution in [2.24, 2.45) is 0 Å². The minimum Gasteiger partial charge on any atom is -0.392 e. The Morgan fingerprint density at radius 1 is 1.41 bits per heavy atom. The third kappa shape index (κ3) is 3.30. The quantitative estimate of drug-likeness (QED) is 0.865. The summed E-state index contributed by atoms with van der Waals surface area (Å²) in [7, 11) is 0. The second kappa shape index (κ2) is 5.51. The van der Waals surface area contributed by atoms with E-state index in [1.54, 1.807) is 0 Å². The lowest BCUT2D eigenvalue weighted by Gasteiger charge is -2.32. The van der Waals surface area contributed by atoms with Crippen LogP contribution in [0.15, 0.2) is 17.5 Å². The maximum Gasteiger partial charge on any atom is 0.0693 e. The smallest absolute Gasteiger partial charge is 0.0693 e. The fourth-order valence-electron chi connectivity index (χ4n) is 2.49. The zero-order valence-electron chi connectivity index (χ0n) is 10.8. The minimum atomic E-state index is -0.150. The molecule has 0 amide bonds. The molecule has 17 heavy (non-hydrogen) atoms. The molecule has 2 atom stereocenters. The van der Waals surface area contributed by atoms with E-state index in [0.29, 0.717) is 6.04 Å². The SMILES string of the molecule is CC(C)(CN[C@@H]1CCCC[C@H]1O)c1cccs1. The van der Waals surface area contributed by atoms with Crippen LogP contribution in [0, 0.1) is 0 Å². The van der Waals surface area contributed by atoms with Crippen molar-refractivity contribution in [2.75, 3.05) is 6.54 Å². The number of thiophene rings is 1. The molecule has 2 N–H and O–H groups in total. The van der Waals surface area contributed by atoms with Gasteiger partial charge < -0.3 is 10.4 Å². The highest BCUT2D eigenvalue weighted by Crippen LogP contribution is 2.27. The summed E-state index contributed by atoms with van der Waals surface area (Å²) in [5.41, 5.74) is 0.158. The molecule has 3 heteroatoms. The van der Waals surface area contributed by atoms with Crippen molar-refractivity contribution in [1.82, 2.24) is 5.32 Å². The lowest BCUT2D eigenvalue weighted by molar-refractivity contribution is 0.0886. The van der Waals surface area contributed by atoms with Gasteiger partial charge in [0.15, 0.2) is 0 Å². The maximum absolute atomic E-state index is 9.94. The monoisotopic (exact) mass is 253 g/mol. The van der Waals surface area contributed by atoms with Crippen molar-refractivity contribution < 1.29 is 5.11 Å². The Morgan fingerprint density at radius 2 is 2.18 bits per heavy atom. The molecule has 1 aliphatic rings. The minimum absolute atomic E-state index is 0.150. The van der Waals surface area contributed by atoms with Crippen LogP contribution in [0.25, 0.3) is 0 Å². The number of aliphatic hydroxyl groups is 1. The average molecular weight is 253 g/mol. The molecule has 2 nitrogen and oxygen atoms in total. The molecule has 0 saturated heterocycles. The van der Waals surface area contributed by atoms with Gasteiger partial charge in [0.2, 0.25) is 0 Å². The van der Waals surface area contributed by atoms with Crippen LogP contribution >= 0.6 is 11.3 Å². The lowest BCUT2D eigenvalue weighted by Crippen LogP contribution is -2.46. The molecule has 0 unspecified atom stereocenters. The molecule has 2 rings (SSSR count). The van der Waals surface area contributed by atoms with E-state index < -0.39 is 0 Å². The molecule has 1 fully saturated rings. The molecule has 1 aromatic heterocycles. The first-order valence-corrected chi connectivity index (χ1v) is 7.43. The summed E-state index contributed by atoms with van der Waals surface area (Å²) in [5, 5.41) is 15.6. The van der Waals surface area contributed by atoms with E-state index in [-0.39, 0.29) is 11.5 Å². The molecular formula is C14H23NOS. The Labute approximate surface area is 108 Å². The second-order valence-electron chi connectivity index (χ2n) is 5.70. The van der Waals surface area contributed by atoms with Crippen LogP contribution in [0.3, 0.4) is 0 Å². The van der Waals surface area contributed by atoms with Crippen molar-refractivity contribution in [3.8, 4) is 0 Å². The summed E-state index contributed by atoms with van der Waals surface area (Å²) < 4.78 is 0. The number of hydrogen-bond donors (Lipinski definition) is 2. The van der Waals surface area contributed by atoms with Gasteiger partial charge in [0.25, 0.3) is 0 Å². The summed E-state index contributed by atoms with van der Waals surface area (Å²) in [6, 6.07) is 4.60. The first-order valence-electron chi connectivity index (χ1n) is 6.55. The molecule has 96 valence electrons. The van der Waals surface area contributed by atoms with Gasteiger partial charge >= 0.3 is 0 Å². The highest BCUT2D eigenvalue weighted by atomic mass is 32.1. The zero-order chi connectivity index (χ0) is 12.3. The molecule has 1 saturated carbocycles. The first-order chi connectivity index (χ1) is 8.09. The fourth-order valence-corrected chi connectivity index (χ4v) is 3.34. The predicted octanol–water partition coefficient (Wildman–Crippen LogP) is 2.92. The van der Waals surface area contributed by atoms with Crippen molar-refractivity contribution in [2.45, 2.75) is 57.1 Å². The van der Waals surface area contributed by atoms with Crippen LogP contribution in [0.2, 0.25) is 0 Å². The van der Waals surface area contributed by atoms with Crippen LogP contribution in [0.4, 0.5) is 0 Å². The predicted molar refractivity (Wildman–Crippen MR) is 73.6 cm³/mol. The molecule has 0 aromatic carbocycles. The average Bonchev–Trinajstić information content (AvgIpc) is 2.82. The molecule has 1 aliphatic carbocycles. The normalized spacial score (nSPS) is 26.1. The van der Waals surface area contributed by atoms with E-state index in [0.717, 1.165) is 19.4 Å². The Bertz CT molecular complexity index is 334. The van der Waals surface area contributed by atoms with Crippen LogP contribution in [0.1, 0.15) is 44.4 Å². The topological polar surface area (TPSA) is 32.3 Å². The largest absolute Gasteiger partial charge is 0.392 e. The van der Waals surface area contributed by atoms with Gasteiger partial charge in [0, 0.05) is 22.9 Å². The maximum atomic E-state index is 9.94. The van der Waals surface area contributed by atoms with Gasteiger partial charge in [-0.1, -0.05) is 32.8 Å². The third-order valence-electron chi connectivity index (χ3n) is 3.72. The van der Waals surface area contributed by atoms with Gasteiger partial charge in [-0.25, -0.2) is 0 Å². The Morgan fingerprint density at radius 3 is 2.82 bits per heavy atom. The van der Waals surface area contributed by atoms with Crippen molar-refractivity contribution in [1.29, 1.82) is 0 Å². The van der Waals surface area contributed by atoms with Gasteiger partial charge in [0.1, 0.15) is 0 Å². The Hall–Kier alpha value is -0.380. The van der Waals surface area contributed by atoms with E-state index in [1.165, 1.54) is 17.7 Å². The molecule has 0 aliphatic heterocycles. The van der Waals surface area contributed by atoms with E-state index >= 15 is 0 Å². The molecule has 0 radical (unpaired) electrons. The molecule has 0 bridgehead atoms. The highest BCUT2D eigenvalue weighted by molar-refractivity contribution is 7.10. The van der Waals surface area contributed by atoms with Crippen molar-refractivity contribution in [3.63, 3.8) is 0 Å². The molecular weight excluding hydrogens is 230 g/mol. The summed E-state index contributed by atoms with van der Waals surface area (Å²) >= 11 is 1.81. The van der Waals surface area contributed by atoms with Crippen molar-refractivity contribution >= 4 is 11.3 Å². The number of hydrogen-bond acceptors (Lipinski definition) is 3. The van der Waals surface area contributed by atoms with Gasteiger partial charge in [-0.15, -0.1) is 11.3 Å². The number of rotatable bonds is 4.